The third-order valence-electron chi connectivity index (χ3n) is 3.94. The van der Waals surface area contributed by atoms with Crippen LogP contribution in [-0.4, -0.2) is 5.78 Å². The highest BCUT2D eigenvalue weighted by atomic mass is 19.1. The number of ketones is 1. The van der Waals surface area contributed by atoms with Crippen LogP contribution >= 0.6 is 0 Å². The maximum absolute atomic E-state index is 12.2. The summed E-state index contributed by atoms with van der Waals surface area (Å²) in [5, 5.41) is 0. The summed E-state index contributed by atoms with van der Waals surface area (Å²) in [7, 11) is 0. The van der Waals surface area contributed by atoms with Crippen LogP contribution in [0.2, 0.25) is 0 Å². The fraction of sp³-hybridized carbons (Fsp3) is 0.286. The monoisotopic (exact) mass is 327 g/mol. The van der Waals surface area contributed by atoms with Crippen LogP contribution in [0.3, 0.4) is 0 Å². The van der Waals surface area contributed by atoms with E-state index in [2.05, 4.69) is 0 Å². The molecule has 2 rings (SSSR count). The van der Waals surface area contributed by atoms with Gasteiger partial charge >= 0.3 is 0 Å². The molecule has 128 valence electrons. The van der Waals surface area contributed by atoms with Gasteiger partial charge in [-0.3, -0.25) is 4.79 Å². The molecular formula is C21H26FNO. The van der Waals surface area contributed by atoms with E-state index in [9.17, 15) is 9.18 Å². The molecule has 3 heteroatoms. The maximum atomic E-state index is 12.2. The van der Waals surface area contributed by atoms with E-state index in [1.54, 1.807) is 19.1 Å². The molecule has 0 radical (unpaired) electrons. The Hall–Kier alpha value is -2.42. The molecule has 0 saturated heterocycles. The molecule has 2 N–H and O–H groups in total. The number of nitrogens with two attached hydrogens (primary N) is 1. The van der Waals surface area contributed by atoms with E-state index in [-0.39, 0.29) is 11.6 Å². The van der Waals surface area contributed by atoms with E-state index in [1.807, 2.05) is 39.0 Å². The highest BCUT2D eigenvalue weighted by molar-refractivity contribution is 6.00. The lowest BCUT2D eigenvalue weighted by Gasteiger charge is -2.09. The van der Waals surface area contributed by atoms with E-state index in [1.165, 1.54) is 24.6 Å². The highest BCUT2D eigenvalue weighted by Crippen LogP contribution is 2.19. The molecule has 0 heterocycles. The van der Waals surface area contributed by atoms with Crippen molar-refractivity contribution in [1.29, 1.82) is 0 Å². The Morgan fingerprint density at radius 3 is 2.12 bits per heavy atom. The fourth-order valence-corrected chi connectivity index (χ4v) is 2.14. The van der Waals surface area contributed by atoms with Gasteiger partial charge in [0.2, 0.25) is 0 Å². The van der Waals surface area contributed by atoms with Crippen molar-refractivity contribution < 1.29 is 9.18 Å². The molecule has 0 saturated carbocycles. The lowest BCUT2D eigenvalue weighted by atomic mass is 9.99. The van der Waals surface area contributed by atoms with Crippen LogP contribution in [0.5, 0.6) is 0 Å². The summed E-state index contributed by atoms with van der Waals surface area (Å²) in [4.78, 5) is 11.2. The third kappa shape index (κ3) is 5.65. The van der Waals surface area contributed by atoms with Gasteiger partial charge in [0.1, 0.15) is 5.82 Å². The Bertz CT molecular complexity index is 730. The summed E-state index contributed by atoms with van der Waals surface area (Å²) in [6.07, 6.45) is 0.972. The van der Waals surface area contributed by atoms with Gasteiger partial charge < -0.3 is 5.73 Å². The first-order valence-electron chi connectivity index (χ1n) is 8.05. The second-order valence-corrected chi connectivity index (χ2v) is 5.89. The van der Waals surface area contributed by atoms with Gasteiger partial charge in [0.15, 0.2) is 5.78 Å². The predicted molar refractivity (Wildman–Crippen MR) is 99.2 cm³/mol. The van der Waals surface area contributed by atoms with Gasteiger partial charge in [0.25, 0.3) is 0 Å². The summed E-state index contributed by atoms with van der Waals surface area (Å²) in [5.41, 5.74) is 11.6. The molecule has 0 aromatic heterocycles. The van der Waals surface area contributed by atoms with Gasteiger partial charge in [-0.05, 0) is 63.4 Å². The SMILES string of the molecule is CC(=O)/C(C)=C(/N)c1cc(C)ccc1C.CCc1ccc(F)cc1. The summed E-state index contributed by atoms with van der Waals surface area (Å²) in [5.74, 6) is -0.138. The summed E-state index contributed by atoms with van der Waals surface area (Å²) in [6.45, 7) is 9.36. The number of allylic oxidation sites excluding steroid dienone is 1. The molecule has 0 aliphatic carbocycles. The van der Waals surface area contributed by atoms with Crippen molar-refractivity contribution in [3.05, 3.63) is 76.1 Å². The molecule has 2 aromatic rings. The van der Waals surface area contributed by atoms with Gasteiger partial charge in [-0.15, -0.1) is 0 Å². The van der Waals surface area contributed by atoms with Crippen molar-refractivity contribution in [2.75, 3.05) is 0 Å². The van der Waals surface area contributed by atoms with E-state index in [4.69, 9.17) is 5.73 Å². The molecular weight excluding hydrogens is 301 g/mol. The van der Waals surface area contributed by atoms with Gasteiger partial charge in [-0.1, -0.05) is 36.8 Å². The van der Waals surface area contributed by atoms with Crippen LogP contribution in [0.4, 0.5) is 4.39 Å². The molecule has 0 atom stereocenters. The number of halogens is 1. The molecule has 0 amide bonds. The molecule has 0 unspecified atom stereocenters. The molecule has 0 fully saturated rings. The molecule has 2 nitrogen and oxygen atoms in total. The quantitative estimate of drug-likeness (QED) is 0.809. The number of aryl methyl sites for hydroxylation is 3. The average Bonchev–Trinajstić information content (AvgIpc) is 2.57. The Balaban J connectivity index is 0.000000272. The number of carbonyl (C=O) groups is 1. The minimum atomic E-state index is -0.160. The number of hydrogen-bond donors (Lipinski definition) is 1. The number of Topliss-reactive ketones (excluding diaryl/α,β-unsaturated/α-hetero) is 1. The normalized spacial score (nSPS) is 11.2. The van der Waals surface area contributed by atoms with Crippen LogP contribution in [0.25, 0.3) is 5.70 Å². The van der Waals surface area contributed by atoms with Crippen LogP contribution in [-0.2, 0) is 11.2 Å². The van der Waals surface area contributed by atoms with Crippen molar-refractivity contribution in [2.45, 2.75) is 41.0 Å². The molecule has 0 bridgehead atoms. The van der Waals surface area contributed by atoms with E-state index in [0.717, 1.165) is 23.1 Å². The smallest absolute Gasteiger partial charge is 0.157 e. The van der Waals surface area contributed by atoms with Gasteiger partial charge in [0, 0.05) is 16.8 Å². The maximum Gasteiger partial charge on any atom is 0.157 e. The number of rotatable bonds is 3. The second-order valence-electron chi connectivity index (χ2n) is 5.89. The number of benzene rings is 2. The van der Waals surface area contributed by atoms with Crippen LogP contribution in [0, 0.1) is 19.7 Å². The van der Waals surface area contributed by atoms with Crippen molar-refractivity contribution in [3.8, 4) is 0 Å². The minimum absolute atomic E-state index is 0.0217. The Kier molecular flexibility index (Phi) is 7.37. The Labute approximate surface area is 144 Å². The average molecular weight is 327 g/mol. The number of hydrogen-bond acceptors (Lipinski definition) is 2. The van der Waals surface area contributed by atoms with E-state index < -0.39 is 0 Å². The van der Waals surface area contributed by atoms with Crippen molar-refractivity contribution in [1.82, 2.24) is 0 Å². The summed E-state index contributed by atoms with van der Waals surface area (Å²) < 4.78 is 12.2. The number of carbonyl (C=O) groups excluding carboxylic acids is 1. The fourth-order valence-electron chi connectivity index (χ4n) is 2.14. The van der Waals surface area contributed by atoms with Crippen molar-refractivity contribution in [2.24, 2.45) is 5.73 Å². The third-order valence-corrected chi connectivity index (χ3v) is 3.94. The Morgan fingerprint density at radius 1 is 1.04 bits per heavy atom. The Morgan fingerprint density at radius 2 is 1.62 bits per heavy atom. The van der Waals surface area contributed by atoms with Crippen LogP contribution in [0.1, 0.15) is 43.0 Å². The van der Waals surface area contributed by atoms with Gasteiger partial charge in [-0.25, -0.2) is 4.39 Å². The summed E-state index contributed by atoms with van der Waals surface area (Å²) >= 11 is 0. The molecule has 24 heavy (non-hydrogen) atoms. The topological polar surface area (TPSA) is 43.1 Å². The van der Waals surface area contributed by atoms with E-state index in [0.29, 0.717) is 11.3 Å². The highest BCUT2D eigenvalue weighted by Gasteiger charge is 2.08. The largest absolute Gasteiger partial charge is 0.398 e. The van der Waals surface area contributed by atoms with Crippen LogP contribution in [0.15, 0.2) is 48.0 Å². The molecule has 2 aromatic carbocycles. The molecule has 0 aliphatic rings. The first-order valence-corrected chi connectivity index (χ1v) is 8.05. The molecule has 0 spiro atoms. The standard InChI is InChI=1S/C13H17NO.C8H9F/c1-8-5-6-9(2)12(7-8)13(14)10(3)11(4)15;1-2-7-3-5-8(9)6-4-7/h5-7H,14H2,1-4H3;3-6H,2H2,1H3/b13-10+;. The summed E-state index contributed by atoms with van der Waals surface area (Å²) in [6, 6.07) is 12.6. The van der Waals surface area contributed by atoms with Crippen molar-refractivity contribution >= 4 is 11.5 Å². The first-order chi connectivity index (χ1) is 11.3. The molecule has 0 aliphatic heterocycles. The van der Waals surface area contributed by atoms with Crippen molar-refractivity contribution in [3.63, 3.8) is 0 Å². The zero-order valence-corrected chi connectivity index (χ0v) is 15.1. The predicted octanol–water partition coefficient (Wildman–Crippen LogP) is 4.97. The van der Waals surface area contributed by atoms with Gasteiger partial charge in [0.05, 0.1) is 0 Å². The lowest BCUT2D eigenvalue weighted by Crippen LogP contribution is -2.06. The zero-order chi connectivity index (χ0) is 18.3. The van der Waals surface area contributed by atoms with E-state index >= 15 is 0 Å². The van der Waals surface area contributed by atoms with Crippen LogP contribution < -0.4 is 5.73 Å². The first kappa shape index (κ1) is 19.6. The minimum Gasteiger partial charge on any atom is -0.398 e. The lowest BCUT2D eigenvalue weighted by molar-refractivity contribution is -0.113. The second kappa shape index (κ2) is 9.02. The van der Waals surface area contributed by atoms with Gasteiger partial charge in [-0.2, -0.15) is 0 Å². The zero-order valence-electron chi connectivity index (χ0n) is 15.1.